The van der Waals surface area contributed by atoms with Crippen molar-refractivity contribution in [3.05, 3.63) is 67.6 Å². The van der Waals surface area contributed by atoms with Crippen LogP contribution in [0, 0.1) is 10.1 Å². The molecule has 0 heterocycles. The van der Waals surface area contributed by atoms with Gasteiger partial charge in [0, 0.05) is 22.1 Å². The summed E-state index contributed by atoms with van der Waals surface area (Å²) in [7, 11) is 0. The summed E-state index contributed by atoms with van der Waals surface area (Å²) in [4.78, 5) is 10.5. The molecule has 0 fully saturated rings. The highest BCUT2D eigenvalue weighted by molar-refractivity contribution is 9.10. The molecule has 0 aromatic heterocycles. The van der Waals surface area contributed by atoms with Gasteiger partial charge < -0.3 is 5.32 Å². The summed E-state index contributed by atoms with van der Waals surface area (Å²) in [6.45, 7) is 0.428. The van der Waals surface area contributed by atoms with Crippen molar-refractivity contribution < 1.29 is 4.92 Å². The van der Waals surface area contributed by atoms with E-state index < -0.39 is 4.92 Å². The molecule has 0 amide bonds. The third kappa shape index (κ3) is 3.45. The molecule has 98 valence electrons. The Morgan fingerprint density at radius 3 is 2.68 bits per heavy atom. The van der Waals surface area contributed by atoms with E-state index in [9.17, 15) is 10.1 Å². The minimum absolute atomic E-state index is 0.0516. The van der Waals surface area contributed by atoms with Crippen LogP contribution in [0.2, 0.25) is 5.02 Å². The Balaban J connectivity index is 2.17. The number of nitrogens with zero attached hydrogens (tertiary/aromatic N) is 1. The number of anilines is 1. The van der Waals surface area contributed by atoms with E-state index in [1.165, 1.54) is 6.07 Å². The number of benzene rings is 2. The van der Waals surface area contributed by atoms with Gasteiger partial charge in [-0.15, -0.1) is 0 Å². The lowest BCUT2D eigenvalue weighted by Gasteiger charge is -2.08. The Bertz CT molecular complexity index is 619. The lowest BCUT2D eigenvalue weighted by Crippen LogP contribution is -2.02. The molecule has 2 aromatic carbocycles. The van der Waals surface area contributed by atoms with Crippen LogP contribution in [0.4, 0.5) is 11.4 Å². The summed E-state index contributed by atoms with van der Waals surface area (Å²) in [5, 5.41) is 14.5. The summed E-state index contributed by atoms with van der Waals surface area (Å²) >= 11 is 9.42. The number of hydrogen-bond donors (Lipinski definition) is 1. The van der Waals surface area contributed by atoms with Gasteiger partial charge in [0.25, 0.3) is 5.69 Å². The third-order valence-corrected chi connectivity index (χ3v) is 3.43. The zero-order chi connectivity index (χ0) is 13.8. The zero-order valence-corrected chi connectivity index (χ0v) is 12.1. The largest absolute Gasteiger partial charge is 0.375 e. The Morgan fingerprint density at radius 1 is 1.26 bits per heavy atom. The van der Waals surface area contributed by atoms with Crippen LogP contribution in [-0.4, -0.2) is 4.92 Å². The summed E-state index contributed by atoms with van der Waals surface area (Å²) in [6.07, 6.45) is 0. The van der Waals surface area contributed by atoms with Crippen LogP contribution in [0.15, 0.2) is 46.9 Å². The molecule has 0 unspecified atom stereocenters. The van der Waals surface area contributed by atoms with Crippen molar-refractivity contribution in [3.8, 4) is 0 Å². The van der Waals surface area contributed by atoms with E-state index >= 15 is 0 Å². The first-order chi connectivity index (χ1) is 9.08. The standard InChI is InChI=1S/C13H10BrClN2O2/c14-10-6-5-9(11(15)7-10)8-16-12-3-1-2-4-13(12)17(18)19/h1-7,16H,8H2. The molecule has 2 rings (SSSR count). The van der Waals surface area contributed by atoms with Crippen molar-refractivity contribution in [2.45, 2.75) is 6.54 Å². The van der Waals surface area contributed by atoms with E-state index in [1.807, 2.05) is 12.1 Å². The minimum atomic E-state index is -0.411. The fourth-order valence-corrected chi connectivity index (χ4v) is 2.38. The van der Waals surface area contributed by atoms with Crippen LogP contribution in [-0.2, 0) is 6.54 Å². The maximum Gasteiger partial charge on any atom is 0.292 e. The smallest absolute Gasteiger partial charge is 0.292 e. The van der Waals surface area contributed by atoms with E-state index in [1.54, 1.807) is 24.3 Å². The minimum Gasteiger partial charge on any atom is -0.375 e. The van der Waals surface area contributed by atoms with Gasteiger partial charge in [0.15, 0.2) is 0 Å². The Kier molecular flexibility index (Phi) is 4.39. The van der Waals surface area contributed by atoms with Gasteiger partial charge in [-0.1, -0.05) is 45.7 Å². The quantitative estimate of drug-likeness (QED) is 0.652. The van der Waals surface area contributed by atoms with Gasteiger partial charge in [0.2, 0.25) is 0 Å². The average Bonchev–Trinajstić information content (AvgIpc) is 2.38. The van der Waals surface area contributed by atoms with Crippen LogP contribution >= 0.6 is 27.5 Å². The highest BCUT2D eigenvalue weighted by Crippen LogP contribution is 2.26. The van der Waals surface area contributed by atoms with Gasteiger partial charge in [0.05, 0.1) is 4.92 Å². The third-order valence-electron chi connectivity index (χ3n) is 2.59. The number of nitrogens with one attached hydrogen (secondary N) is 1. The second-order valence-corrected chi connectivity index (χ2v) is 5.19. The molecule has 0 radical (unpaired) electrons. The second kappa shape index (κ2) is 6.04. The first kappa shape index (κ1) is 13.8. The van der Waals surface area contributed by atoms with E-state index in [-0.39, 0.29) is 5.69 Å². The molecule has 2 aromatic rings. The Labute approximate surface area is 123 Å². The van der Waals surface area contributed by atoms with E-state index in [0.29, 0.717) is 17.3 Å². The fraction of sp³-hybridized carbons (Fsp3) is 0.0769. The molecule has 0 saturated carbocycles. The van der Waals surface area contributed by atoms with E-state index in [0.717, 1.165) is 10.0 Å². The first-order valence-electron chi connectivity index (χ1n) is 5.49. The summed E-state index contributed by atoms with van der Waals surface area (Å²) < 4.78 is 0.895. The van der Waals surface area contributed by atoms with Crippen molar-refractivity contribution in [1.82, 2.24) is 0 Å². The summed E-state index contributed by atoms with van der Waals surface area (Å²) in [5.74, 6) is 0. The lowest BCUT2D eigenvalue weighted by molar-refractivity contribution is -0.384. The molecule has 0 atom stereocenters. The van der Waals surface area contributed by atoms with Crippen molar-refractivity contribution in [1.29, 1.82) is 0 Å². The van der Waals surface area contributed by atoms with Crippen LogP contribution in [0.5, 0.6) is 0 Å². The number of nitro benzene ring substituents is 1. The normalized spacial score (nSPS) is 10.2. The predicted molar refractivity (Wildman–Crippen MR) is 79.6 cm³/mol. The highest BCUT2D eigenvalue weighted by Gasteiger charge is 2.12. The van der Waals surface area contributed by atoms with Gasteiger partial charge in [-0.3, -0.25) is 10.1 Å². The molecule has 0 bridgehead atoms. The predicted octanol–water partition coefficient (Wildman–Crippen LogP) is 4.62. The van der Waals surface area contributed by atoms with Gasteiger partial charge in [-0.2, -0.15) is 0 Å². The van der Waals surface area contributed by atoms with Crippen LogP contribution < -0.4 is 5.32 Å². The summed E-state index contributed by atoms with van der Waals surface area (Å²) in [6, 6.07) is 12.1. The fourth-order valence-electron chi connectivity index (χ4n) is 1.64. The Morgan fingerprint density at radius 2 is 2.00 bits per heavy atom. The van der Waals surface area contributed by atoms with Crippen LogP contribution in [0.1, 0.15) is 5.56 Å². The molecule has 1 N–H and O–H groups in total. The van der Waals surface area contributed by atoms with Gasteiger partial charge in [-0.05, 0) is 23.8 Å². The molecular weight excluding hydrogens is 332 g/mol. The molecule has 19 heavy (non-hydrogen) atoms. The van der Waals surface area contributed by atoms with Crippen LogP contribution in [0.25, 0.3) is 0 Å². The molecule has 4 nitrogen and oxygen atoms in total. The van der Waals surface area contributed by atoms with Gasteiger partial charge in [-0.25, -0.2) is 0 Å². The zero-order valence-electron chi connectivity index (χ0n) is 9.77. The molecule has 0 saturated heterocycles. The molecule has 6 heteroatoms. The molecule has 0 aliphatic rings. The number of rotatable bonds is 4. The second-order valence-electron chi connectivity index (χ2n) is 3.86. The number of nitro groups is 1. The topological polar surface area (TPSA) is 55.2 Å². The molecule has 0 aliphatic heterocycles. The van der Waals surface area contributed by atoms with E-state index in [2.05, 4.69) is 21.2 Å². The number of para-hydroxylation sites is 2. The van der Waals surface area contributed by atoms with Crippen molar-refractivity contribution in [3.63, 3.8) is 0 Å². The number of hydrogen-bond acceptors (Lipinski definition) is 3. The van der Waals surface area contributed by atoms with Crippen LogP contribution in [0.3, 0.4) is 0 Å². The molecule has 0 spiro atoms. The highest BCUT2D eigenvalue weighted by atomic mass is 79.9. The molecule has 0 aliphatic carbocycles. The maximum absolute atomic E-state index is 10.9. The van der Waals surface area contributed by atoms with Crippen molar-refractivity contribution in [2.75, 3.05) is 5.32 Å². The Hall–Kier alpha value is -1.59. The summed E-state index contributed by atoms with van der Waals surface area (Å²) in [5.41, 5.74) is 1.41. The van der Waals surface area contributed by atoms with Gasteiger partial charge >= 0.3 is 0 Å². The molecular formula is C13H10BrClN2O2. The lowest BCUT2D eigenvalue weighted by atomic mass is 10.2. The maximum atomic E-state index is 10.9. The van der Waals surface area contributed by atoms with E-state index in [4.69, 9.17) is 11.6 Å². The average molecular weight is 342 g/mol. The van der Waals surface area contributed by atoms with Gasteiger partial charge in [0.1, 0.15) is 5.69 Å². The monoisotopic (exact) mass is 340 g/mol. The number of halogens is 2. The SMILES string of the molecule is O=[N+]([O-])c1ccccc1NCc1ccc(Br)cc1Cl. The first-order valence-corrected chi connectivity index (χ1v) is 6.66. The van der Waals surface area contributed by atoms with Crippen molar-refractivity contribution >= 4 is 38.9 Å². The van der Waals surface area contributed by atoms with Crippen molar-refractivity contribution in [2.24, 2.45) is 0 Å².